The topological polar surface area (TPSA) is 77.1 Å². The highest BCUT2D eigenvalue weighted by Gasteiger charge is 2.38. The highest BCUT2D eigenvalue weighted by molar-refractivity contribution is 6.02. The molecule has 4 rings (SSSR count). The van der Waals surface area contributed by atoms with Gasteiger partial charge in [-0.15, -0.1) is 0 Å². The van der Waals surface area contributed by atoms with Gasteiger partial charge in [0.25, 0.3) is 0 Å². The standard InChI is InChI=1S/C31H40N2O5/c1-31(18-6-5-7-19-31)30(35)33-20-16-23(17-21-33)22-8-12-25(13-9-22)32-27(34)15-11-24-10-14-26(36-2)29(38-4)28(24)37-3/h8-15,23H,5-7,16-21H2,1-4H3,(H,32,34)/b15-11+. The van der Waals surface area contributed by atoms with E-state index >= 15 is 0 Å². The third-order valence-electron chi connectivity index (χ3n) is 8.05. The van der Waals surface area contributed by atoms with Gasteiger partial charge in [0.1, 0.15) is 0 Å². The number of carbonyl (C=O) groups excluding carboxylic acids is 2. The fourth-order valence-corrected chi connectivity index (χ4v) is 5.79. The van der Waals surface area contributed by atoms with Crippen LogP contribution in [0.1, 0.15) is 68.9 Å². The Balaban J connectivity index is 1.32. The lowest BCUT2D eigenvalue weighted by Crippen LogP contribution is -2.46. The number of amides is 2. The summed E-state index contributed by atoms with van der Waals surface area (Å²) in [5.74, 6) is 2.08. The van der Waals surface area contributed by atoms with Crippen molar-refractivity contribution in [2.75, 3.05) is 39.7 Å². The molecule has 1 aliphatic carbocycles. The smallest absolute Gasteiger partial charge is 0.248 e. The number of rotatable bonds is 8. The van der Waals surface area contributed by atoms with Gasteiger partial charge in [-0.25, -0.2) is 0 Å². The number of hydrogen-bond acceptors (Lipinski definition) is 5. The first-order chi connectivity index (χ1) is 18.4. The summed E-state index contributed by atoms with van der Waals surface area (Å²) >= 11 is 0. The van der Waals surface area contributed by atoms with Crippen LogP contribution in [0.15, 0.2) is 42.5 Å². The summed E-state index contributed by atoms with van der Waals surface area (Å²) in [6.45, 7) is 3.80. The number of benzene rings is 2. The summed E-state index contributed by atoms with van der Waals surface area (Å²) in [5.41, 5.74) is 2.53. The van der Waals surface area contributed by atoms with Crippen LogP contribution in [0.4, 0.5) is 5.69 Å². The first kappa shape index (κ1) is 27.6. The van der Waals surface area contributed by atoms with Crippen LogP contribution >= 0.6 is 0 Å². The van der Waals surface area contributed by atoms with Crippen LogP contribution in [0.5, 0.6) is 17.2 Å². The van der Waals surface area contributed by atoms with Crippen LogP contribution in [0.2, 0.25) is 0 Å². The molecule has 0 aromatic heterocycles. The second-order valence-electron chi connectivity index (χ2n) is 10.6. The monoisotopic (exact) mass is 520 g/mol. The van der Waals surface area contributed by atoms with Crippen LogP contribution in [-0.4, -0.2) is 51.1 Å². The van der Waals surface area contributed by atoms with E-state index in [0.717, 1.165) is 44.5 Å². The third-order valence-corrected chi connectivity index (χ3v) is 8.05. The number of likely N-dealkylation sites (tertiary alicyclic amines) is 1. The zero-order chi connectivity index (χ0) is 27.1. The molecule has 2 aliphatic rings. The number of piperidine rings is 1. The van der Waals surface area contributed by atoms with Crippen molar-refractivity contribution in [1.29, 1.82) is 0 Å². The SMILES string of the molecule is COc1ccc(/C=C/C(=O)Nc2ccc(C3CCN(C(=O)C4(C)CCCCC4)CC3)cc2)c(OC)c1OC. The molecule has 1 aliphatic heterocycles. The molecular weight excluding hydrogens is 480 g/mol. The molecule has 2 aromatic rings. The summed E-state index contributed by atoms with van der Waals surface area (Å²) in [5, 5.41) is 2.92. The average Bonchev–Trinajstić information content (AvgIpc) is 2.96. The van der Waals surface area contributed by atoms with Crippen LogP contribution in [0.3, 0.4) is 0 Å². The van der Waals surface area contributed by atoms with E-state index in [0.29, 0.717) is 34.6 Å². The molecule has 204 valence electrons. The van der Waals surface area contributed by atoms with Crippen molar-refractivity contribution in [3.05, 3.63) is 53.6 Å². The van der Waals surface area contributed by atoms with Crippen LogP contribution in [0.25, 0.3) is 6.08 Å². The summed E-state index contributed by atoms with van der Waals surface area (Å²) in [4.78, 5) is 27.8. The number of carbonyl (C=O) groups is 2. The van der Waals surface area contributed by atoms with Gasteiger partial charge in [-0.2, -0.15) is 0 Å². The molecule has 0 unspecified atom stereocenters. The number of methoxy groups -OCH3 is 3. The van der Waals surface area contributed by atoms with E-state index in [9.17, 15) is 9.59 Å². The Morgan fingerprint density at radius 1 is 0.895 bits per heavy atom. The number of ether oxygens (including phenoxy) is 3. The predicted octanol–water partition coefficient (Wildman–Crippen LogP) is 6.04. The summed E-state index contributed by atoms with van der Waals surface area (Å²) in [6.07, 6.45) is 10.7. The molecule has 38 heavy (non-hydrogen) atoms. The Bertz CT molecular complexity index is 1140. The molecule has 0 bridgehead atoms. The van der Waals surface area contributed by atoms with Gasteiger partial charge in [-0.05, 0) is 67.5 Å². The van der Waals surface area contributed by atoms with Gasteiger partial charge >= 0.3 is 0 Å². The lowest BCUT2D eigenvalue weighted by molar-refractivity contribution is -0.144. The fourth-order valence-electron chi connectivity index (χ4n) is 5.79. The largest absolute Gasteiger partial charge is 0.493 e. The molecule has 2 amide bonds. The summed E-state index contributed by atoms with van der Waals surface area (Å²) in [7, 11) is 4.66. The minimum Gasteiger partial charge on any atom is -0.493 e. The van der Waals surface area contributed by atoms with Crippen molar-refractivity contribution in [3.8, 4) is 17.2 Å². The van der Waals surface area contributed by atoms with Crippen LogP contribution < -0.4 is 19.5 Å². The van der Waals surface area contributed by atoms with Crippen molar-refractivity contribution in [1.82, 2.24) is 4.90 Å². The van der Waals surface area contributed by atoms with E-state index in [-0.39, 0.29) is 11.3 Å². The maximum absolute atomic E-state index is 13.2. The molecule has 1 saturated carbocycles. The number of hydrogen-bond donors (Lipinski definition) is 1. The molecular formula is C31H40N2O5. The average molecular weight is 521 g/mol. The Labute approximate surface area is 226 Å². The van der Waals surface area contributed by atoms with Crippen molar-refractivity contribution in [3.63, 3.8) is 0 Å². The second-order valence-corrected chi connectivity index (χ2v) is 10.6. The Kier molecular flexibility index (Phi) is 8.97. The van der Waals surface area contributed by atoms with Gasteiger partial charge < -0.3 is 24.4 Å². The van der Waals surface area contributed by atoms with Crippen LogP contribution in [0, 0.1) is 5.41 Å². The van der Waals surface area contributed by atoms with Gasteiger partial charge in [-0.3, -0.25) is 9.59 Å². The van der Waals surface area contributed by atoms with Crippen molar-refractivity contribution in [2.45, 2.75) is 57.8 Å². The third kappa shape index (κ3) is 6.14. The molecule has 1 heterocycles. The van der Waals surface area contributed by atoms with Crippen molar-refractivity contribution >= 4 is 23.6 Å². The van der Waals surface area contributed by atoms with E-state index in [4.69, 9.17) is 14.2 Å². The fraction of sp³-hybridized carbons (Fsp3) is 0.484. The molecule has 2 fully saturated rings. The molecule has 2 aromatic carbocycles. The van der Waals surface area contributed by atoms with Gasteiger partial charge in [0, 0.05) is 35.8 Å². The zero-order valence-electron chi connectivity index (χ0n) is 23.0. The maximum Gasteiger partial charge on any atom is 0.248 e. The molecule has 1 N–H and O–H groups in total. The van der Waals surface area contributed by atoms with Crippen molar-refractivity contribution < 1.29 is 23.8 Å². The molecule has 7 nitrogen and oxygen atoms in total. The number of anilines is 1. The van der Waals surface area contributed by atoms with Gasteiger partial charge in [-0.1, -0.05) is 38.3 Å². The number of nitrogens with one attached hydrogen (secondary N) is 1. The first-order valence-corrected chi connectivity index (χ1v) is 13.6. The van der Waals surface area contributed by atoms with Gasteiger partial charge in [0.15, 0.2) is 11.5 Å². The Morgan fingerprint density at radius 2 is 1.55 bits per heavy atom. The number of nitrogens with zero attached hydrogens (tertiary/aromatic N) is 1. The Morgan fingerprint density at radius 3 is 2.16 bits per heavy atom. The lowest BCUT2D eigenvalue weighted by atomic mass is 9.74. The highest BCUT2D eigenvalue weighted by Crippen LogP contribution is 2.41. The van der Waals surface area contributed by atoms with Gasteiger partial charge in [0.2, 0.25) is 17.6 Å². The van der Waals surface area contributed by atoms with Gasteiger partial charge in [0.05, 0.1) is 21.3 Å². The quantitative estimate of drug-likeness (QED) is 0.430. The normalized spacial score (nSPS) is 17.7. The van der Waals surface area contributed by atoms with Crippen LogP contribution in [-0.2, 0) is 9.59 Å². The minimum atomic E-state index is -0.238. The molecule has 0 radical (unpaired) electrons. The Hall–Kier alpha value is -3.48. The zero-order valence-corrected chi connectivity index (χ0v) is 23.0. The molecule has 1 saturated heterocycles. The van der Waals surface area contributed by atoms with E-state index in [2.05, 4.69) is 29.3 Å². The predicted molar refractivity (Wildman–Crippen MR) is 150 cm³/mol. The second kappa shape index (κ2) is 12.4. The molecule has 7 heteroatoms. The summed E-state index contributed by atoms with van der Waals surface area (Å²) in [6, 6.07) is 11.6. The first-order valence-electron chi connectivity index (χ1n) is 13.6. The lowest BCUT2D eigenvalue weighted by Gasteiger charge is -2.40. The summed E-state index contributed by atoms with van der Waals surface area (Å²) < 4.78 is 16.2. The van der Waals surface area contributed by atoms with Crippen molar-refractivity contribution in [2.24, 2.45) is 5.41 Å². The van der Waals surface area contributed by atoms with E-state index < -0.39 is 0 Å². The van der Waals surface area contributed by atoms with E-state index in [1.54, 1.807) is 33.5 Å². The molecule has 0 spiro atoms. The maximum atomic E-state index is 13.2. The van der Waals surface area contributed by atoms with E-state index in [1.165, 1.54) is 30.9 Å². The minimum absolute atomic E-state index is 0.163. The van der Waals surface area contributed by atoms with E-state index in [1.807, 2.05) is 18.2 Å². The highest BCUT2D eigenvalue weighted by atomic mass is 16.5. The molecule has 0 atom stereocenters.